The van der Waals surface area contributed by atoms with Crippen LogP contribution in [0.1, 0.15) is 38.1 Å². The molecule has 0 amide bonds. The zero-order chi connectivity index (χ0) is 14.4. The molecular formula is C13H26N6. The van der Waals surface area contributed by atoms with E-state index in [1.807, 2.05) is 6.92 Å². The highest BCUT2D eigenvalue weighted by Gasteiger charge is 2.12. The molecule has 1 aromatic heterocycles. The van der Waals surface area contributed by atoms with E-state index in [0.717, 1.165) is 36.8 Å². The van der Waals surface area contributed by atoms with Gasteiger partial charge in [0.05, 0.1) is 0 Å². The normalized spacial score (nSPS) is 11.2. The average Bonchev–Trinajstić information content (AvgIpc) is 2.40. The van der Waals surface area contributed by atoms with E-state index in [1.54, 1.807) is 0 Å². The van der Waals surface area contributed by atoms with Crippen molar-refractivity contribution in [3.8, 4) is 0 Å². The lowest BCUT2D eigenvalue weighted by atomic mass is 10.2. The third-order valence-electron chi connectivity index (χ3n) is 3.14. The lowest BCUT2D eigenvalue weighted by molar-refractivity contribution is 0.367. The summed E-state index contributed by atoms with van der Waals surface area (Å²) in [4.78, 5) is 11.2. The van der Waals surface area contributed by atoms with E-state index in [2.05, 4.69) is 53.4 Å². The van der Waals surface area contributed by atoms with Crippen molar-refractivity contribution in [3.63, 3.8) is 0 Å². The highest BCUT2D eigenvalue weighted by molar-refractivity contribution is 5.56. The van der Waals surface area contributed by atoms with E-state index in [9.17, 15) is 0 Å². The molecule has 6 nitrogen and oxygen atoms in total. The Labute approximate surface area is 115 Å². The summed E-state index contributed by atoms with van der Waals surface area (Å²) in [5.41, 5.74) is 3.59. The summed E-state index contributed by atoms with van der Waals surface area (Å²) in [6.45, 7) is 11.1. The Hall–Kier alpha value is -1.40. The Balaban J connectivity index is 2.83. The molecule has 0 saturated heterocycles. The Morgan fingerprint density at radius 3 is 2.42 bits per heavy atom. The van der Waals surface area contributed by atoms with Crippen molar-refractivity contribution in [1.82, 2.24) is 14.9 Å². The van der Waals surface area contributed by atoms with Crippen LogP contribution in [0.15, 0.2) is 0 Å². The first-order valence-corrected chi connectivity index (χ1v) is 6.77. The molecule has 0 aliphatic carbocycles. The van der Waals surface area contributed by atoms with Gasteiger partial charge in [-0.1, -0.05) is 20.8 Å². The predicted octanol–water partition coefficient (Wildman–Crippen LogP) is 1.56. The number of nitrogens with one attached hydrogen (secondary N) is 2. The van der Waals surface area contributed by atoms with Crippen LogP contribution >= 0.6 is 0 Å². The van der Waals surface area contributed by atoms with Gasteiger partial charge in [-0.25, -0.2) is 15.8 Å². The number of likely N-dealkylation sites (N-methyl/N-ethyl adjacent to an activating group) is 1. The van der Waals surface area contributed by atoms with Crippen molar-refractivity contribution < 1.29 is 0 Å². The molecular weight excluding hydrogens is 240 g/mol. The number of rotatable bonds is 7. The van der Waals surface area contributed by atoms with Crippen LogP contribution in [0, 0.1) is 6.92 Å². The van der Waals surface area contributed by atoms with Crippen LogP contribution in [0.5, 0.6) is 0 Å². The highest BCUT2D eigenvalue weighted by atomic mass is 15.3. The number of hydrazine groups is 1. The van der Waals surface area contributed by atoms with Crippen LogP contribution < -0.4 is 16.6 Å². The van der Waals surface area contributed by atoms with Gasteiger partial charge in [0.1, 0.15) is 17.5 Å². The summed E-state index contributed by atoms with van der Waals surface area (Å²) < 4.78 is 0. The van der Waals surface area contributed by atoms with Crippen molar-refractivity contribution in [2.45, 2.75) is 33.6 Å². The summed E-state index contributed by atoms with van der Waals surface area (Å²) >= 11 is 0. The summed E-state index contributed by atoms with van der Waals surface area (Å²) in [5, 5.41) is 3.36. The second-order valence-electron chi connectivity index (χ2n) is 5.03. The molecule has 0 bridgehead atoms. The maximum atomic E-state index is 5.51. The molecule has 6 heteroatoms. The minimum absolute atomic E-state index is 0.270. The molecule has 0 unspecified atom stereocenters. The zero-order valence-corrected chi connectivity index (χ0v) is 12.6. The van der Waals surface area contributed by atoms with Gasteiger partial charge in [-0.05, 0) is 20.5 Å². The van der Waals surface area contributed by atoms with Crippen LogP contribution in [0.2, 0.25) is 0 Å². The molecule has 19 heavy (non-hydrogen) atoms. The smallest absolute Gasteiger partial charge is 0.148 e. The van der Waals surface area contributed by atoms with Crippen molar-refractivity contribution in [1.29, 1.82) is 0 Å². The molecule has 0 aliphatic rings. The fraction of sp³-hybridized carbons (Fsp3) is 0.692. The first kappa shape index (κ1) is 15.7. The Morgan fingerprint density at radius 2 is 1.89 bits per heavy atom. The van der Waals surface area contributed by atoms with Gasteiger partial charge in [0.2, 0.25) is 0 Å². The summed E-state index contributed by atoms with van der Waals surface area (Å²) in [5.74, 6) is 8.12. The first-order valence-electron chi connectivity index (χ1n) is 6.77. The molecule has 0 aliphatic heterocycles. The number of aromatic nitrogens is 2. The predicted molar refractivity (Wildman–Crippen MR) is 80.3 cm³/mol. The van der Waals surface area contributed by atoms with Gasteiger partial charge in [0, 0.05) is 24.6 Å². The van der Waals surface area contributed by atoms with Crippen LogP contribution in [-0.4, -0.2) is 41.5 Å². The fourth-order valence-corrected chi connectivity index (χ4v) is 1.63. The van der Waals surface area contributed by atoms with Gasteiger partial charge in [0.15, 0.2) is 0 Å². The second-order valence-corrected chi connectivity index (χ2v) is 5.03. The van der Waals surface area contributed by atoms with E-state index in [-0.39, 0.29) is 5.92 Å². The van der Waals surface area contributed by atoms with E-state index < -0.39 is 0 Å². The van der Waals surface area contributed by atoms with Crippen molar-refractivity contribution >= 4 is 11.6 Å². The molecule has 0 atom stereocenters. The van der Waals surface area contributed by atoms with Crippen LogP contribution in [-0.2, 0) is 0 Å². The van der Waals surface area contributed by atoms with Crippen molar-refractivity contribution in [2.75, 3.05) is 37.4 Å². The number of nitrogens with zero attached hydrogens (tertiary/aromatic N) is 3. The van der Waals surface area contributed by atoms with Gasteiger partial charge in [-0.2, -0.15) is 0 Å². The van der Waals surface area contributed by atoms with Gasteiger partial charge < -0.3 is 15.6 Å². The van der Waals surface area contributed by atoms with E-state index in [4.69, 9.17) is 5.84 Å². The summed E-state index contributed by atoms with van der Waals surface area (Å²) in [6.07, 6.45) is 0. The van der Waals surface area contributed by atoms with E-state index >= 15 is 0 Å². The van der Waals surface area contributed by atoms with Crippen LogP contribution in [0.3, 0.4) is 0 Å². The monoisotopic (exact) mass is 266 g/mol. The minimum atomic E-state index is 0.270. The number of hydrogen-bond acceptors (Lipinski definition) is 6. The Morgan fingerprint density at radius 1 is 1.26 bits per heavy atom. The second kappa shape index (κ2) is 7.25. The molecule has 4 N–H and O–H groups in total. The quantitative estimate of drug-likeness (QED) is 0.513. The molecule has 1 rings (SSSR count). The molecule has 0 saturated carbocycles. The lowest BCUT2D eigenvalue weighted by Crippen LogP contribution is -2.25. The third-order valence-corrected chi connectivity index (χ3v) is 3.14. The van der Waals surface area contributed by atoms with Gasteiger partial charge in [0.25, 0.3) is 0 Å². The highest BCUT2D eigenvalue weighted by Crippen LogP contribution is 2.22. The molecule has 0 aromatic carbocycles. The topological polar surface area (TPSA) is 79.1 Å². The summed E-state index contributed by atoms with van der Waals surface area (Å²) in [7, 11) is 2.10. The standard InChI is InChI=1S/C13H26N6/c1-6-19(5)8-7-15-12-10(4)13(18-14)17-11(16-12)9(2)3/h9H,6-8,14H2,1-5H3,(H2,15,16,17,18). The molecule has 1 aromatic rings. The van der Waals surface area contributed by atoms with Crippen molar-refractivity contribution in [3.05, 3.63) is 11.4 Å². The molecule has 1 heterocycles. The fourth-order valence-electron chi connectivity index (χ4n) is 1.63. The molecule has 108 valence electrons. The Kier molecular flexibility index (Phi) is 5.98. The summed E-state index contributed by atoms with van der Waals surface area (Å²) in [6, 6.07) is 0. The molecule has 0 radical (unpaired) electrons. The van der Waals surface area contributed by atoms with Gasteiger partial charge in [-0.15, -0.1) is 0 Å². The SMILES string of the molecule is CCN(C)CCNc1nc(C(C)C)nc(NN)c1C. The van der Waals surface area contributed by atoms with E-state index in [0.29, 0.717) is 5.82 Å². The number of anilines is 2. The minimum Gasteiger partial charge on any atom is -0.368 e. The maximum Gasteiger partial charge on any atom is 0.148 e. The van der Waals surface area contributed by atoms with E-state index in [1.165, 1.54) is 0 Å². The van der Waals surface area contributed by atoms with Crippen molar-refractivity contribution in [2.24, 2.45) is 5.84 Å². The molecule has 0 spiro atoms. The number of nitrogen functional groups attached to an aromatic ring is 1. The first-order chi connectivity index (χ1) is 8.99. The molecule has 0 fully saturated rings. The number of hydrogen-bond donors (Lipinski definition) is 3. The zero-order valence-electron chi connectivity index (χ0n) is 12.6. The van der Waals surface area contributed by atoms with Crippen LogP contribution in [0.4, 0.5) is 11.6 Å². The van der Waals surface area contributed by atoms with Gasteiger partial charge in [-0.3, -0.25) is 0 Å². The lowest BCUT2D eigenvalue weighted by Gasteiger charge is -2.17. The maximum absolute atomic E-state index is 5.51. The average molecular weight is 266 g/mol. The largest absolute Gasteiger partial charge is 0.368 e. The van der Waals surface area contributed by atoms with Gasteiger partial charge >= 0.3 is 0 Å². The Bertz CT molecular complexity index is 404. The van der Waals surface area contributed by atoms with Crippen LogP contribution in [0.25, 0.3) is 0 Å². The number of nitrogens with two attached hydrogens (primary N) is 1. The third kappa shape index (κ3) is 4.33.